The van der Waals surface area contributed by atoms with Crippen LogP contribution in [-0.4, -0.2) is 11.2 Å². The second-order valence-corrected chi connectivity index (χ2v) is 4.11. The van der Waals surface area contributed by atoms with Crippen molar-refractivity contribution in [3.8, 4) is 0 Å². The summed E-state index contributed by atoms with van der Waals surface area (Å²) in [7, 11) is 0. The van der Waals surface area contributed by atoms with Crippen LogP contribution in [0.25, 0.3) is 0 Å². The third kappa shape index (κ3) is 2.77. The summed E-state index contributed by atoms with van der Waals surface area (Å²) >= 11 is 9.25. The van der Waals surface area contributed by atoms with Gasteiger partial charge in [-0.15, -0.1) is 0 Å². The molecular weight excluding hydrogens is 239 g/mol. The number of benzene rings is 1. The fraction of sp³-hybridized carbons (Fsp3) is 0.333. The minimum absolute atomic E-state index is 0.344. The van der Waals surface area contributed by atoms with Crippen LogP contribution < -0.4 is 0 Å². The van der Waals surface area contributed by atoms with Crippen molar-refractivity contribution >= 4 is 27.5 Å². The van der Waals surface area contributed by atoms with Gasteiger partial charge in [-0.3, -0.25) is 0 Å². The molecule has 0 aliphatic carbocycles. The zero-order valence-corrected chi connectivity index (χ0v) is 9.06. The topological polar surface area (TPSA) is 20.2 Å². The maximum absolute atomic E-state index is 9.13. The van der Waals surface area contributed by atoms with E-state index in [2.05, 4.69) is 15.9 Å². The van der Waals surface area contributed by atoms with Crippen LogP contribution in [0.2, 0.25) is 5.02 Å². The monoisotopic (exact) mass is 248 g/mol. The molecule has 1 atom stereocenters. The molecule has 0 amide bonds. The summed E-state index contributed by atoms with van der Waals surface area (Å²) in [6.45, 7) is 1.75. The molecular formula is C9H10BrClO. The van der Waals surface area contributed by atoms with E-state index in [1.807, 2.05) is 18.2 Å². The van der Waals surface area contributed by atoms with Crippen LogP contribution in [0, 0.1) is 0 Å². The Morgan fingerprint density at radius 1 is 1.58 bits per heavy atom. The number of hydrogen-bond donors (Lipinski definition) is 1. The molecule has 1 rings (SSSR count). The molecule has 0 radical (unpaired) electrons. The smallest absolute Gasteiger partial charge is 0.0552 e. The van der Waals surface area contributed by atoms with Crippen LogP contribution in [-0.2, 0) is 6.42 Å². The molecule has 1 aromatic carbocycles. The molecule has 0 heterocycles. The van der Waals surface area contributed by atoms with E-state index in [0.717, 1.165) is 10.0 Å². The SMILES string of the molecule is C[C@H](O)Cc1ccc(Br)cc1Cl. The molecule has 3 heteroatoms. The Balaban J connectivity index is 2.86. The Kier molecular flexibility index (Phi) is 3.56. The van der Waals surface area contributed by atoms with Crippen LogP contribution in [0.4, 0.5) is 0 Å². The zero-order valence-electron chi connectivity index (χ0n) is 6.72. The van der Waals surface area contributed by atoms with E-state index in [0.29, 0.717) is 11.4 Å². The van der Waals surface area contributed by atoms with E-state index in [1.54, 1.807) is 6.92 Å². The fourth-order valence-corrected chi connectivity index (χ4v) is 1.76. The summed E-state index contributed by atoms with van der Waals surface area (Å²) in [6.07, 6.45) is 0.259. The molecule has 0 aliphatic heterocycles. The Hall–Kier alpha value is -0.0500. The molecule has 0 fully saturated rings. The number of aliphatic hydroxyl groups excluding tert-OH is 1. The highest BCUT2D eigenvalue weighted by Gasteiger charge is 2.03. The molecule has 1 aromatic rings. The number of halogens is 2. The highest BCUT2D eigenvalue weighted by Crippen LogP contribution is 2.22. The van der Waals surface area contributed by atoms with Gasteiger partial charge in [0.1, 0.15) is 0 Å². The summed E-state index contributed by atoms with van der Waals surface area (Å²) < 4.78 is 0.960. The predicted molar refractivity (Wildman–Crippen MR) is 54.5 cm³/mol. The summed E-state index contributed by atoms with van der Waals surface area (Å²) in [6, 6.07) is 5.67. The molecule has 0 aliphatic rings. The Bertz CT molecular complexity index is 273. The highest BCUT2D eigenvalue weighted by atomic mass is 79.9. The van der Waals surface area contributed by atoms with Gasteiger partial charge in [0.05, 0.1) is 6.10 Å². The van der Waals surface area contributed by atoms with Crippen molar-refractivity contribution in [3.63, 3.8) is 0 Å². The average molecular weight is 250 g/mol. The van der Waals surface area contributed by atoms with Crippen LogP contribution in [0.15, 0.2) is 22.7 Å². The van der Waals surface area contributed by atoms with E-state index in [4.69, 9.17) is 16.7 Å². The van der Waals surface area contributed by atoms with Crippen molar-refractivity contribution in [1.29, 1.82) is 0 Å². The van der Waals surface area contributed by atoms with Crippen molar-refractivity contribution in [1.82, 2.24) is 0 Å². The van der Waals surface area contributed by atoms with Crippen LogP contribution in [0.1, 0.15) is 12.5 Å². The molecule has 1 N–H and O–H groups in total. The normalized spacial score (nSPS) is 13.0. The third-order valence-electron chi connectivity index (χ3n) is 1.53. The molecule has 0 unspecified atom stereocenters. The maximum Gasteiger partial charge on any atom is 0.0552 e. The lowest BCUT2D eigenvalue weighted by Crippen LogP contribution is -2.04. The number of rotatable bonds is 2. The molecule has 0 spiro atoms. The van der Waals surface area contributed by atoms with Gasteiger partial charge in [-0.25, -0.2) is 0 Å². The third-order valence-corrected chi connectivity index (χ3v) is 2.38. The zero-order chi connectivity index (χ0) is 9.14. The summed E-state index contributed by atoms with van der Waals surface area (Å²) in [4.78, 5) is 0. The van der Waals surface area contributed by atoms with E-state index in [1.165, 1.54) is 0 Å². The minimum atomic E-state index is -0.344. The van der Waals surface area contributed by atoms with Gasteiger partial charge in [0, 0.05) is 9.50 Å². The first kappa shape index (κ1) is 10.0. The lowest BCUT2D eigenvalue weighted by atomic mass is 10.1. The van der Waals surface area contributed by atoms with Crippen molar-refractivity contribution in [3.05, 3.63) is 33.3 Å². The number of hydrogen-bond acceptors (Lipinski definition) is 1. The first-order valence-corrected chi connectivity index (χ1v) is 4.88. The second-order valence-electron chi connectivity index (χ2n) is 2.79. The van der Waals surface area contributed by atoms with E-state index in [-0.39, 0.29) is 6.10 Å². The molecule has 0 aromatic heterocycles. The van der Waals surface area contributed by atoms with Gasteiger partial charge in [0.2, 0.25) is 0 Å². The highest BCUT2D eigenvalue weighted by molar-refractivity contribution is 9.10. The standard InChI is InChI=1S/C9H10BrClO/c1-6(12)4-7-2-3-8(10)5-9(7)11/h2-3,5-6,12H,4H2,1H3/t6-/m0/s1. The van der Waals surface area contributed by atoms with Gasteiger partial charge in [0.15, 0.2) is 0 Å². The second kappa shape index (κ2) is 4.26. The average Bonchev–Trinajstić information content (AvgIpc) is 1.94. The van der Waals surface area contributed by atoms with E-state index >= 15 is 0 Å². The number of aliphatic hydroxyl groups is 1. The van der Waals surface area contributed by atoms with Crippen molar-refractivity contribution < 1.29 is 5.11 Å². The van der Waals surface area contributed by atoms with Gasteiger partial charge in [-0.1, -0.05) is 33.6 Å². The molecule has 1 nitrogen and oxygen atoms in total. The van der Waals surface area contributed by atoms with Crippen molar-refractivity contribution in [2.75, 3.05) is 0 Å². The first-order chi connectivity index (χ1) is 5.59. The van der Waals surface area contributed by atoms with Gasteiger partial charge in [-0.05, 0) is 31.0 Å². The van der Waals surface area contributed by atoms with Gasteiger partial charge in [-0.2, -0.15) is 0 Å². The lowest BCUT2D eigenvalue weighted by Gasteiger charge is -2.06. The molecule has 0 bridgehead atoms. The van der Waals surface area contributed by atoms with E-state index in [9.17, 15) is 0 Å². The van der Waals surface area contributed by atoms with Gasteiger partial charge >= 0.3 is 0 Å². The van der Waals surface area contributed by atoms with Crippen LogP contribution >= 0.6 is 27.5 Å². The van der Waals surface area contributed by atoms with Crippen LogP contribution in [0.3, 0.4) is 0 Å². The molecule has 0 saturated heterocycles. The first-order valence-electron chi connectivity index (χ1n) is 3.71. The quantitative estimate of drug-likeness (QED) is 0.854. The lowest BCUT2D eigenvalue weighted by molar-refractivity contribution is 0.195. The summed E-state index contributed by atoms with van der Waals surface area (Å²) in [5.41, 5.74) is 0.981. The Morgan fingerprint density at radius 3 is 2.75 bits per heavy atom. The molecule has 66 valence electrons. The van der Waals surface area contributed by atoms with Crippen molar-refractivity contribution in [2.24, 2.45) is 0 Å². The Morgan fingerprint density at radius 2 is 2.25 bits per heavy atom. The molecule has 0 saturated carbocycles. The predicted octanol–water partition coefficient (Wildman–Crippen LogP) is 3.03. The maximum atomic E-state index is 9.13. The van der Waals surface area contributed by atoms with Crippen molar-refractivity contribution in [2.45, 2.75) is 19.4 Å². The van der Waals surface area contributed by atoms with Gasteiger partial charge in [0.25, 0.3) is 0 Å². The Labute approximate surface area is 85.5 Å². The van der Waals surface area contributed by atoms with Crippen LogP contribution in [0.5, 0.6) is 0 Å². The fourth-order valence-electron chi connectivity index (χ4n) is 1.01. The van der Waals surface area contributed by atoms with E-state index < -0.39 is 0 Å². The largest absolute Gasteiger partial charge is 0.393 e. The van der Waals surface area contributed by atoms with Gasteiger partial charge < -0.3 is 5.11 Å². The summed E-state index contributed by atoms with van der Waals surface area (Å²) in [5, 5.41) is 9.83. The minimum Gasteiger partial charge on any atom is -0.393 e. The molecule has 12 heavy (non-hydrogen) atoms. The summed E-state index contributed by atoms with van der Waals surface area (Å²) in [5.74, 6) is 0.